The molecule has 0 spiro atoms. The van der Waals surface area contributed by atoms with Crippen molar-refractivity contribution in [1.29, 1.82) is 0 Å². The number of carbonyl (C=O) groups excluding carboxylic acids is 2. The molecule has 6 heteroatoms. The molecule has 0 saturated heterocycles. The third-order valence-electron chi connectivity index (χ3n) is 3.97. The highest BCUT2D eigenvalue weighted by molar-refractivity contribution is 6.39. The number of aliphatic hydroxyl groups is 1. The van der Waals surface area contributed by atoms with Crippen LogP contribution in [0.1, 0.15) is 31.2 Å². The maximum absolute atomic E-state index is 13.5. The average molecular weight is 308 g/mol. The molecule has 2 atom stereocenters. The maximum Gasteiger partial charge on any atom is 0.313 e. The molecule has 1 aromatic rings. The van der Waals surface area contributed by atoms with Gasteiger partial charge in [-0.15, -0.1) is 0 Å². The quantitative estimate of drug-likeness (QED) is 0.744. The molecule has 1 saturated carbocycles. The maximum atomic E-state index is 13.5. The van der Waals surface area contributed by atoms with Crippen LogP contribution in [0.15, 0.2) is 18.2 Å². The van der Waals surface area contributed by atoms with E-state index in [2.05, 4.69) is 10.6 Å². The van der Waals surface area contributed by atoms with Gasteiger partial charge in [0.1, 0.15) is 5.82 Å². The number of benzene rings is 1. The van der Waals surface area contributed by atoms with Crippen LogP contribution in [0.5, 0.6) is 0 Å². The first-order valence-corrected chi connectivity index (χ1v) is 7.51. The molecule has 1 aliphatic rings. The minimum Gasteiger partial charge on any atom is -0.393 e. The fourth-order valence-corrected chi connectivity index (χ4v) is 2.64. The number of hydrogen-bond acceptors (Lipinski definition) is 3. The Kier molecular flexibility index (Phi) is 5.49. The number of anilines is 1. The zero-order valence-corrected chi connectivity index (χ0v) is 12.6. The number of carbonyl (C=O) groups is 2. The Morgan fingerprint density at radius 2 is 2.00 bits per heavy atom. The van der Waals surface area contributed by atoms with Crippen LogP contribution in [0.2, 0.25) is 0 Å². The van der Waals surface area contributed by atoms with E-state index in [1.807, 2.05) is 0 Å². The molecule has 120 valence electrons. The Morgan fingerprint density at radius 1 is 1.27 bits per heavy atom. The summed E-state index contributed by atoms with van der Waals surface area (Å²) in [4.78, 5) is 23.5. The molecular weight excluding hydrogens is 287 g/mol. The van der Waals surface area contributed by atoms with Crippen molar-refractivity contribution >= 4 is 17.5 Å². The third-order valence-corrected chi connectivity index (χ3v) is 3.97. The molecule has 1 aromatic carbocycles. The van der Waals surface area contributed by atoms with Crippen molar-refractivity contribution in [2.75, 3.05) is 11.9 Å². The van der Waals surface area contributed by atoms with Gasteiger partial charge < -0.3 is 15.7 Å². The van der Waals surface area contributed by atoms with E-state index < -0.39 is 23.7 Å². The zero-order valence-electron chi connectivity index (χ0n) is 12.6. The molecule has 2 rings (SSSR count). The SMILES string of the molecule is Cc1ccc(F)c(NC(=O)C(=O)NC[C@@H]2CCCC[C@H]2O)c1. The van der Waals surface area contributed by atoms with Crippen LogP contribution in [0.4, 0.5) is 10.1 Å². The molecule has 3 N–H and O–H groups in total. The number of nitrogens with one attached hydrogen (secondary N) is 2. The highest BCUT2D eigenvalue weighted by atomic mass is 19.1. The van der Waals surface area contributed by atoms with Gasteiger partial charge in [0.2, 0.25) is 0 Å². The monoisotopic (exact) mass is 308 g/mol. The summed E-state index contributed by atoms with van der Waals surface area (Å²) in [6.45, 7) is 2.02. The number of aryl methyl sites for hydroxylation is 1. The van der Waals surface area contributed by atoms with E-state index in [0.29, 0.717) is 0 Å². The van der Waals surface area contributed by atoms with Gasteiger partial charge in [0.05, 0.1) is 11.8 Å². The van der Waals surface area contributed by atoms with E-state index in [-0.39, 0.29) is 18.2 Å². The lowest BCUT2D eigenvalue weighted by Gasteiger charge is -2.27. The van der Waals surface area contributed by atoms with Crippen LogP contribution < -0.4 is 10.6 Å². The molecule has 0 unspecified atom stereocenters. The lowest BCUT2D eigenvalue weighted by atomic mass is 9.86. The fraction of sp³-hybridized carbons (Fsp3) is 0.500. The second-order valence-electron chi connectivity index (χ2n) is 5.76. The molecule has 0 radical (unpaired) electrons. The van der Waals surface area contributed by atoms with Crippen molar-refractivity contribution < 1.29 is 19.1 Å². The van der Waals surface area contributed by atoms with Crippen LogP contribution in [-0.2, 0) is 9.59 Å². The molecule has 1 fully saturated rings. The lowest BCUT2D eigenvalue weighted by Crippen LogP contribution is -2.41. The Morgan fingerprint density at radius 3 is 2.73 bits per heavy atom. The Balaban J connectivity index is 1.86. The van der Waals surface area contributed by atoms with Gasteiger partial charge in [-0.3, -0.25) is 9.59 Å². The van der Waals surface area contributed by atoms with E-state index in [1.165, 1.54) is 12.1 Å². The molecular formula is C16H21FN2O3. The van der Waals surface area contributed by atoms with E-state index >= 15 is 0 Å². The first-order chi connectivity index (χ1) is 10.5. The second kappa shape index (κ2) is 7.35. The van der Waals surface area contributed by atoms with Gasteiger partial charge in [-0.05, 0) is 37.5 Å². The normalized spacial score (nSPS) is 21.2. The number of rotatable bonds is 3. The van der Waals surface area contributed by atoms with Crippen LogP contribution >= 0.6 is 0 Å². The summed E-state index contributed by atoms with van der Waals surface area (Å²) >= 11 is 0. The predicted molar refractivity (Wildman–Crippen MR) is 80.7 cm³/mol. The molecule has 0 aliphatic heterocycles. The van der Waals surface area contributed by atoms with Crippen molar-refractivity contribution in [3.63, 3.8) is 0 Å². The molecule has 0 heterocycles. The van der Waals surface area contributed by atoms with Gasteiger partial charge in [-0.2, -0.15) is 0 Å². The van der Waals surface area contributed by atoms with Crippen LogP contribution in [0, 0.1) is 18.7 Å². The van der Waals surface area contributed by atoms with Crippen molar-refractivity contribution in [2.24, 2.45) is 5.92 Å². The van der Waals surface area contributed by atoms with Gasteiger partial charge in [0, 0.05) is 12.5 Å². The topological polar surface area (TPSA) is 78.4 Å². The number of amides is 2. The number of aliphatic hydroxyl groups excluding tert-OH is 1. The zero-order chi connectivity index (χ0) is 16.1. The van der Waals surface area contributed by atoms with Crippen LogP contribution in [0.3, 0.4) is 0 Å². The molecule has 22 heavy (non-hydrogen) atoms. The van der Waals surface area contributed by atoms with E-state index in [1.54, 1.807) is 13.0 Å². The summed E-state index contributed by atoms with van der Waals surface area (Å²) in [5.74, 6) is -2.34. The molecule has 1 aliphatic carbocycles. The number of hydrogen-bond donors (Lipinski definition) is 3. The average Bonchev–Trinajstić information content (AvgIpc) is 2.49. The minimum absolute atomic E-state index is 0.0159. The lowest BCUT2D eigenvalue weighted by molar-refractivity contribution is -0.136. The summed E-state index contributed by atoms with van der Waals surface area (Å²) in [7, 11) is 0. The Labute approximate surface area is 128 Å². The first-order valence-electron chi connectivity index (χ1n) is 7.51. The summed E-state index contributed by atoms with van der Waals surface area (Å²) in [6.07, 6.45) is 3.11. The second-order valence-corrected chi connectivity index (χ2v) is 5.76. The van der Waals surface area contributed by atoms with Crippen molar-refractivity contribution in [3.8, 4) is 0 Å². The van der Waals surface area contributed by atoms with Gasteiger partial charge >= 0.3 is 11.8 Å². The molecule has 0 aromatic heterocycles. The largest absolute Gasteiger partial charge is 0.393 e. The van der Waals surface area contributed by atoms with E-state index in [9.17, 15) is 19.1 Å². The van der Waals surface area contributed by atoms with Gasteiger partial charge in [0.15, 0.2) is 0 Å². The summed E-state index contributed by atoms with van der Waals surface area (Å²) in [5, 5.41) is 14.6. The highest BCUT2D eigenvalue weighted by Gasteiger charge is 2.24. The standard InChI is InChI=1S/C16H21FN2O3/c1-10-6-7-12(17)13(8-10)19-16(22)15(21)18-9-11-4-2-3-5-14(11)20/h6-8,11,14,20H,2-5,9H2,1H3,(H,18,21)(H,19,22)/t11-,14+/m0/s1. The predicted octanol–water partition coefficient (Wildman–Crippen LogP) is 1.74. The van der Waals surface area contributed by atoms with Gasteiger partial charge in [-0.25, -0.2) is 4.39 Å². The van der Waals surface area contributed by atoms with E-state index in [4.69, 9.17) is 0 Å². The molecule has 5 nitrogen and oxygen atoms in total. The van der Waals surface area contributed by atoms with Crippen molar-refractivity contribution in [1.82, 2.24) is 5.32 Å². The molecule has 0 bridgehead atoms. The van der Waals surface area contributed by atoms with Gasteiger partial charge in [0.25, 0.3) is 0 Å². The van der Waals surface area contributed by atoms with E-state index in [0.717, 1.165) is 31.2 Å². The van der Waals surface area contributed by atoms with Gasteiger partial charge in [-0.1, -0.05) is 18.9 Å². The Bertz CT molecular complexity index is 562. The third kappa shape index (κ3) is 4.27. The minimum atomic E-state index is -0.908. The first kappa shape index (κ1) is 16.4. The molecule has 2 amide bonds. The fourth-order valence-electron chi connectivity index (χ4n) is 2.64. The summed E-state index contributed by atoms with van der Waals surface area (Å²) in [6, 6.07) is 4.28. The summed E-state index contributed by atoms with van der Waals surface area (Å²) in [5.41, 5.74) is 0.764. The van der Waals surface area contributed by atoms with Crippen molar-refractivity contribution in [3.05, 3.63) is 29.6 Å². The highest BCUT2D eigenvalue weighted by Crippen LogP contribution is 2.23. The van der Waals surface area contributed by atoms with Crippen molar-refractivity contribution in [2.45, 2.75) is 38.7 Å². The van der Waals surface area contributed by atoms with Crippen LogP contribution in [-0.4, -0.2) is 29.6 Å². The smallest absolute Gasteiger partial charge is 0.313 e. The summed E-state index contributed by atoms with van der Waals surface area (Å²) < 4.78 is 13.5. The number of halogens is 1. The Hall–Kier alpha value is -1.95. The van der Waals surface area contributed by atoms with Crippen LogP contribution in [0.25, 0.3) is 0 Å².